The molecule has 82 valence electrons. The standard InChI is InChI=1S/C4H7O.2C4H9.Al/c1-2-3-4-5;2*1-4(2)3;/h2-3H2,1H3;2*4H,1H2,2-3H3;. The molecule has 0 bridgehead atoms. The topological polar surface area (TPSA) is 17.1 Å². The van der Waals surface area contributed by atoms with E-state index in [9.17, 15) is 4.79 Å². The van der Waals surface area contributed by atoms with E-state index in [-0.39, 0.29) is 0 Å². The summed E-state index contributed by atoms with van der Waals surface area (Å²) in [7, 11) is 0. The molecule has 0 aliphatic rings. The first-order valence-corrected chi connectivity index (χ1v) is 8.21. The molecule has 1 nitrogen and oxygen atoms in total. The fourth-order valence-corrected chi connectivity index (χ4v) is 5.64. The summed E-state index contributed by atoms with van der Waals surface area (Å²) in [6.07, 6.45) is 1.86. The Labute approximate surface area is 93.7 Å². The van der Waals surface area contributed by atoms with Gasteiger partial charge in [0, 0.05) is 0 Å². The van der Waals surface area contributed by atoms with Gasteiger partial charge in [-0.15, -0.1) is 0 Å². The van der Waals surface area contributed by atoms with Gasteiger partial charge in [-0.2, -0.15) is 0 Å². The molecular weight excluding hydrogens is 187 g/mol. The van der Waals surface area contributed by atoms with Gasteiger partial charge in [-0.3, -0.25) is 0 Å². The van der Waals surface area contributed by atoms with Crippen LogP contribution < -0.4 is 0 Å². The second kappa shape index (κ2) is 7.49. The molecule has 0 aliphatic carbocycles. The van der Waals surface area contributed by atoms with Crippen molar-refractivity contribution in [2.45, 2.75) is 58.0 Å². The van der Waals surface area contributed by atoms with Crippen LogP contribution in [0.2, 0.25) is 10.6 Å². The zero-order chi connectivity index (χ0) is 11.1. The summed E-state index contributed by atoms with van der Waals surface area (Å²) in [5.41, 5.74) is 0. The van der Waals surface area contributed by atoms with Gasteiger partial charge in [-0.1, -0.05) is 63.4 Å². The summed E-state index contributed by atoms with van der Waals surface area (Å²) in [6.45, 7) is 11.0. The van der Waals surface area contributed by atoms with Crippen molar-refractivity contribution in [3.8, 4) is 0 Å². The van der Waals surface area contributed by atoms with Crippen LogP contribution in [-0.4, -0.2) is 18.8 Å². The van der Waals surface area contributed by atoms with Crippen molar-refractivity contribution in [1.82, 2.24) is 0 Å². The van der Waals surface area contributed by atoms with E-state index in [1.165, 1.54) is 10.6 Å². The van der Waals surface area contributed by atoms with Crippen LogP contribution >= 0.6 is 0 Å². The number of carbonyl (C=O) groups is 1. The first-order chi connectivity index (χ1) is 6.47. The number of rotatable bonds is 7. The van der Waals surface area contributed by atoms with Crippen molar-refractivity contribution < 1.29 is 4.79 Å². The Balaban J connectivity index is 4.15. The molecule has 0 saturated heterocycles. The van der Waals surface area contributed by atoms with E-state index in [0.717, 1.165) is 12.8 Å². The number of hydrogen-bond acceptors (Lipinski definition) is 1. The molecule has 0 aromatic carbocycles. The third kappa shape index (κ3) is 6.63. The van der Waals surface area contributed by atoms with E-state index >= 15 is 0 Å². The summed E-state index contributed by atoms with van der Waals surface area (Å²) in [5, 5.41) is 2.41. The van der Waals surface area contributed by atoms with Crippen LogP contribution in [-0.2, 0) is 4.79 Å². The molecule has 2 heteroatoms. The fraction of sp³-hybridized carbons (Fsp3) is 0.917. The smallest absolute Gasteiger partial charge is 0.321 e. The molecule has 0 aromatic heterocycles. The molecular formula is C12H25AlO. The highest BCUT2D eigenvalue weighted by Crippen LogP contribution is 2.16. The van der Waals surface area contributed by atoms with Crippen molar-refractivity contribution in [3.63, 3.8) is 0 Å². The fourth-order valence-electron chi connectivity index (χ4n) is 1.95. The van der Waals surface area contributed by atoms with E-state index < -0.39 is 14.1 Å². The average Bonchev–Trinajstić information content (AvgIpc) is 2.01. The summed E-state index contributed by atoms with van der Waals surface area (Å²) in [4.78, 5) is 11.9. The van der Waals surface area contributed by atoms with Crippen molar-refractivity contribution >= 4 is 18.8 Å². The lowest BCUT2D eigenvalue weighted by Crippen LogP contribution is -2.28. The van der Waals surface area contributed by atoms with Gasteiger partial charge in [0.25, 0.3) is 0 Å². The lowest BCUT2D eigenvalue weighted by atomic mass is 10.3. The van der Waals surface area contributed by atoms with Gasteiger partial charge in [-0.25, -0.2) is 0 Å². The minimum absolute atomic E-state index is 0.620. The van der Waals surface area contributed by atoms with E-state index in [1.807, 2.05) is 0 Å². The van der Waals surface area contributed by atoms with Gasteiger partial charge in [-0.05, 0) is 6.42 Å². The Bertz CT molecular complexity index is 154. The minimum atomic E-state index is -1.10. The number of hydrogen-bond donors (Lipinski definition) is 0. The van der Waals surface area contributed by atoms with Crippen LogP contribution in [0.1, 0.15) is 47.5 Å². The average molecular weight is 212 g/mol. The zero-order valence-electron chi connectivity index (χ0n) is 10.5. The molecule has 0 spiro atoms. The molecule has 0 rings (SSSR count). The van der Waals surface area contributed by atoms with Crippen LogP contribution in [0.5, 0.6) is 0 Å². The van der Waals surface area contributed by atoms with Gasteiger partial charge < -0.3 is 4.79 Å². The Morgan fingerprint density at radius 2 is 1.50 bits per heavy atom. The highest BCUT2D eigenvalue weighted by molar-refractivity contribution is 6.90. The predicted molar refractivity (Wildman–Crippen MR) is 65.0 cm³/mol. The summed E-state index contributed by atoms with van der Waals surface area (Å²) in [5.74, 6) is 1.40. The monoisotopic (exact) mass is 212 g/mol. The van der Waals surface area contributed by atoms with Crippen LogP contribution in [0, 0.1) is 11.8 Å². The van der Waals surface area contributed by atoms with E-state index in [1.54, 1.807) is 0 Å². The van der Waals surface area contributed by atoms with Gasteiger partial charge in [0.05, 0.1) is 4.65 Å². The minimum Gasteiger partial charge on any atom is -0.321 e. The lowest BCUT2D eigenvalue weighted by Gasteiger charge is -2.14. The van der Waals surface area contributed by atoms with Gasteiger partial charge >= 0.3 is 14.1 Å². The maximum atomic E-state index is 11.9. The Hall–Kier alpha value is 0.202. The summed E-state index contributed by atoms with van der Waals surface area (Å²) in [6, 6.07) is 0. The molecule has 14 heavy (non-hydrogen) atoms. The van der Waals surface area contributed by atoms with Crippen LogP contribution in [0.3, 0.4) is 0 Å². The Morgan fingerprint density at radius 3 is 1.79 bits per heavy atom. The van der Waals surface area contributed by atoms with Crippen LogP contribution in [0.4, 0.5) is 0 Å². The first-order valence-electron chi connectivity index (χ1n) is 6.00. The highest BCUT2D eigenvalue weighted by Gasteiger charge is 2.27. The highest BCUT2D eigenvalue weighted by atomic mass is 27.2. The van der Waals surface area contributed by atoms with Crippen molar-refractivity contribution in [1.29, 1.82) is 0 Å². The molecule has 0 fully saturated rings. The lowest BCUT2D eigenvalue weighted by molar-refractivity contribution is -0.112. The molecule has 0 amide bonds. The van der Waals surface area contributed by atoms with Gasteiger partial charge in [0.15, 0.2) is 0 Å². The maximum Gasteiger partial charge on any atom is 0.366 e. The van der Waals surface area contributed by atoms with Crippen molar-refractivity contribution in [3.05, 3.63) is 0 Å². The normalized spacial score (nSPS) is 11.1. The van der Waals surface area contributed by atoms with E-state index in [2.05, 4.69) is 34.6 Å². The van der Waals surface area contributed by atoms with E-state index in [4.69, 9.17) is 0 Å². The van der Waals surface area contributed by atoms with E-state index in [0.29, 0.717) is 16.5 Å². The van der Waals surface area contributed by atoms with Gasteiger partial charge in [0.2, 0.25) is 0 Å². The molecule has 0 aromatic rings. The maximum absolute atomic E-state index is 11.9. The second-order valence-electron chi connectivity index (χ2n) is 5.17. The molecule has 0 heterocycles. The first kappa shape index (κ1) is 14.2. The number of carbonyl (C=O) groups excluding carboxylic acids is 1. The summed E-state index contributed by atoms with van der Waals surface area (Å²) < 4.78 is 0.620. The van der Waals surface area contributed by atoms with Crippen LogP contribution in [0.25, 0.3) is 0 Å². The third-order valence-electron chi connectivity index (χ3n) is 2.46. The molecule has 0 radical (unpaired) electrons. The quantitative estimate of drug-likeness (QED) is 0.588. The Kier molecular flexibility index (Phi) is 7.60. The van der Waals surface area contributed by atoms with Crippen molar-refractivity contribution in [2.24, 2.45) is 11.8 Å². The molecule has 0 unspecified atom stereocenters. The zero-order valence-corrected chi connectivity index (χ0v) is 11.6. The summed E-state index contributed by atoms with van der Waals surface area (Å²) >= 11 is -1.10. The molecule has 0 aliphatic heterocycles. The van der Waals surface area contributed by atoms with Crippen LogP contribution in [0.15, 0.2) is 0 Å². The largest absolute Gasteiger partial charge is 0.366 e. The second-order valence-corrected chi connectivity index (χ2v) is 8.15. The van der Waals surface area contributed by atoms with Gasteiger partial charge in [0.1, 0.15) is 0 Å². The Morgan fingerprint density at radius 1 is 1.07 bits per heavy atom. The predicted octanol–water partition coefficient (Wildman–Crippen LogP) is 3.70. The molecule has 0 saturated carbocycles. The molecule has 0 N–H and O–H groups in total. The third-order valence-corrected chi connectivity index (χ3v) is 6.69. The van der Waals surface area contributed by atoms with Crippen molar-refractivity contribution in [2.75, 3.05) is 0 Å². The molecule has 0 atom stereocenters. The SMILES string of the molecule is CCC[C](=O)[Al]([CH2]C(C)C)[CH2]C(C)C.